The van der Waals surface area contributed by atoms with Gasteiger partial charge in [-0.25, -0.2) is 4.39 Å². The number of likely N-dealkylation sites (tertiary alicyclic amines) is 1. The minimum atomic E-state index is -0.872. The van der Waals surface area contributed by atoms with Crippen molar-refractivity contribution in [2.24, 2.45) is 0 Å². The van der Waals surface area contributed by atoms with Crippen molar-refractivity contribution >= 4 is 17.7 Å². The summed E-state index contributed by atoms with van der Waals surface area (Å²) in [4.78, 5) is 44.8. The Bertz CT molecular complexity index is 1450. The summed E-state index contributed by atoms with van der Waals surface area (Å²) in [6.07, 6.45) is 3.20. The lowest BCUT2D eigenvalue weighted by atomic mass is 9.84. The molecule has 0 aliphatic carbocycles. The highest BCUT2D eigenvalue weighted by Gasteiger charge is 2.39. The van der Waals surface area contributed by atoms with Gasteiger partial charge in [-0.2, -0.15) is 0 Å². The van der Waals surface area contributed by atoms with Gasteiger partial charge in [0.15, 0.2) is 5.82 Å². The highest BCUT2D eigenvalue weighted by Crippen LogP contribution is 2.35. The Kier molecular flexibility index (Phi) is 6.48. The lowest BCUT2D eigenvalue weighted by Gasteiger charge is -2.38. The summed E-state index contributed by atoms with van der Waals surface area (Å²) >= 11 is 0. The number of nitrogens with zero attached hydrogens (tertiary/aromatic N) is 3. The molecule has 0 saturated carbocycles. The number of carbonyl (C=O) groups excluding carboxylic acids is 3. The van der Waals surface area contributed by atoms with E-state index in [1.165, 1.54) is 4.90 Å². The number of nitrogens with one attached hydrogen (secondary N) is 1. The molecule has 1 atom stereocenters. The van der Waals surface area contributed by atoms with Crippen LogP contribution in [-0.4, -0.2) is 56.7 Å². The molecular formula is C30H29FN4O4. The number of aromatic nitrogens is 1. The fraction of sp³-hybridized carbons (Fsp3) is 0.333. The molecule has 2 aromatic carbocycles. The monoisotopic (exact) mass is 528 g/mol. The Morgan fingerprint density at radius 3 is 2.56 bits per heavy atom. The number of aliphatic hydroxyl groups is 1. The van der Waals surface area contributed by atoms with E-state index in [-0.39, 0.29) is 36.9 Å². The molecule has 3 aromatic rings. The smallest absolute Gasteiger partial charge is 0.255 e. The first-order chi connectivity index (χ1) is 18.8. The normalized spacial score (nSPS) is 21.1. The van der Waals surface area contributed by atoms with Crippen LogP contribution < -0.4 is 5.32 Å². The van der Waals surface area contributed by atoms with Crippen molar-refractivity contribution in [2.45, 2.75) is 50.4 Å². The molecular weight excluding hydrogens is 499 g/mol. The standard InChI is InChI=1S/C30H29FN4O4/c31-26-20(17-34-14-11-30(39,12-15-34)22-4-2-1-3-5-22)10-13-32-27(26)19-6-7-23-21(16-19)18-35(29(23)38)24-8-9-25(36)33-28(24)37/h1-7,10,13,16,24,39H,8-9,11-12,14-15,17-18H2,(H,33,36,37). The van der Waals surface area contributed by atoms with Gasteiger partial charge in [-0.15, -0.1) is 0 Å². The minimum Gasteiger partial charge on any atom is -0.385 e. The van der Waals surface area contributed by atoms with Gasteiger partial charge in [0.25, 0.3) is 5.91 Å². The summed E-state index contributed by atoms with van der Waals surface area (Å²) in [5.74, 6) is -1.48. The number of halogens is 1. The van der Waals surface area contributed by atoms with Crippen molar-refractivity contribution in [1.82, 2.24) is 20.1 Å². The van der Waals surface area contributed by atoms with Crippen LogP contribution in [0.2, 0.25) is 0 Å². The summed E-state index contributed by atoms with van der Waals surface area (Å²) in [5.41, 5.74) is 2.50. The summed E-state index contributed by atoms with van der Waals surface area (Å²) in [5, 5.41) is 13.4. The molecule has 3 aliphatic rings. The third kappa shape index (κ3) is 4.72. The van der Waals surface area contributed by atoms with Crippen LogP contribution in [0.5, 0.6) is 0 Å². The largest absolute Gasteiger partial charge is 0.385 e. The number of pyridine rings is 1. The number of carbonyl (C=O) groups is 3. The van der Waals surface area contributed by atoms with Gasteiger partial charge in [0.1, 0.15) is 11.7 Å². The number of rotatable bonds is 5. The summed E-state index contributed by atoms with van der Waals surface area (Å²) < 4.78 is 15.7. The van der Waals surface area contributed by atoms with Crippen LogP contribution in [0.3, 0.4) is 0 Å². The van der Waals surface area contributed by atoms with Crippen LogP contribution in [0.15, 0.2) is 60.8 Å². The SMILES string of the molecule is O=C1CCC(N2Cc3cc(-c4nccc(CN5CCC(O)(c6ccccc6)CC5)c4F)ccc3C2=O)C(=O)N1. The van der Waals surface area contributed by atoms with Crippen LogP contribution >= 0.6 is 0 Å². The zero-order valence-corrected chi connectivity index (χ0v) is 21.4. The molecule has 3 amide bonds. The highest BCUT2D eigenvalue weighted by atomic mass is 19.1. The number of imide groups is 1. The third-order valence-electron chi connectivity index (χ3n) is 8.15. The Morgan fingerprint density at radius 1 is 1.05 bits per heavy atom. The molecule has 1 unspecified atom stereocenters. The average molecular weight is 529 g/mol. The van der Waals surface area contributed by atoms with Crippen molar-refractivity contribution in [1.29, 1.82) is 0 Å². The molecule has 0 bridgehead atoms. The lowest BCUT2D eigenvalue weighted by Crippen LogP contribution is -2.52. The fourth-order valence-electron chi connectivity index (χ4n) is 5.89. The van der Waals surface area contributed by atoms with Crippen LogP contribution in [0.25, 0.3) is 11.3 Å². The lowest BCUT2D eigenvalue weighted by molar-refractivity contribution is -0.136. The predicted octanol–water partition coefficient (Wildman–Crippen LogP) is 3.13. The van der Waals surface area contributed by atoms with Crippen LogP contribution in [0, 0.1) is 5.82 Å². The summed E-state index contributed by atoms with van der Waals surface area (Å²) in [6.45, 7) is 1.89. The maximum absolute atomic E-state index is 15.7. The fourth-order valence-corrected chi connectivity index (χ4v) is 5.89. The molecule has 6 rings (SSSR count). The van der Waals surface area contributed by atoms with E-state index in [4.69, 9.17) is 0 Å². The van der Waals surface area contributed by atoms with Gasteiger partial charge in [0.2, 0.25) is 11.8 Å². The molecule has 2 saturated heterocycles. The zero-order valence-electron chi connectivity index (χ0n) is 21.4. The summed E-state index contributed by atoms with van der Waals surface area (Å²) in [6, 6.07) is 15.7. The van der Waals surface area contributed by atoms with Crippen LogP contribution in [0.1, 0.15) is 52.7 Å². The van der Waals surface area contributed by atoms with E-state index < -0.39 is 23.4 Å². The van der Waals surface area contributed by atoms with Gasteiger partial charge in [-0.1, -0.05) is 36.4 Å². The van der Waals surface area contributed by atoms with E-state index in [1.807, 2.05) is 30.3 Å². The third-order valence-corrected chi connectivity index (χ3v) is 8.15. The number of piperidine rings is 2. The Hall–Kier alpha value is -3.95. The van der Waals surface area contributed by atoms with Crippen molar-refractivity contribution in [3.8, 4) is 11.3 Å². The number of fused-ring (bicyclic) bond motifs is 1. The first kappa shape index (κ1) is 25.3. The second kappa shape index (κ2) is 9.98. The van der Waals surface area contributed by atoms with Gasteiger partial charge in [-0.05, 0) is 48.6 Å². The molecule has 2 fully saturated rings. The molecule has 8 nitrogen and oxygen atoms in total. The molecule has 0 spiro atoms. The number of hydrogen-bond acceptors (Lipinski definition) is 6. The first-order valence-corrected chi connectivity index (χ1v) is 13.2. The topological polar surface area (TPSA) is 103 Å². The average Bonchev–Trinajstić information content (AvgIpc) is 3.27. The maximum atomic E-state index is 15.7. The van der Waals surface area contributed by atoms with Crippen LogP contribution in [0.4, 0.5) is 4.39 Å². The predicted molar refractivity (Wildman–Crippen MR) is 141 cm³/mol. The quantitative estimate of drug-likeness (QED) is 0.494. The van der Waals surface area contributed by atoms with Crippen molar-refractivity contribution in [3.63, 3.8) is 0 Å². The Morgan fingerprint density at radius 2 is 1.82 bits per heavy atom. The van der Waals surface area contributed by atoms with Crippen molar-refractivity contribution < 1.29 is 23.9 Å². The van der Waals surface area contributed by atoms with E-state index in [1.54, 1.807) is 30.5 Å². The molecule has 1 aromatic heterocycles. The van der Waals surface area contributed by atoms with Crippen molar-refractivity contribution in [2.75, 3.05) is 13.1 Å². The zero-order chi connectivity index (χ0) is 27.1. The maximum Gasteiger partial charge on any atom is 0.255 e. The minimum absolute atomic E-state index is 0.187. The second-order valence-electron chi connectivity index (χ2n) is 10.6. The van der Waals surface area contributed by atoms with Gasteiger partial charge < -0.3 is 10.0 Å². The molecule has 200 valence electrons. The molecule has 4 heterocycles. The number of benzene rings is 2. The Balaban J connectivity index is 1.17. The Labute approximate surface area is 225 Å². The first-order valence-electron chi connectivity index (χ1n) is 13.2. The van der Waals surface area contributed by atoms with Gasteiger partial charge in [0, 0.05) is 55.5 Å². The second-order valence-corrected chi connectivity index (χ2v) is 10.6. The van der Waals surface area contributed by atoms with E-state index in [9.17, 15) is 19.5 Å². The molecule has 3 aliphatic heterocycles. The van der Waals surface area contributed by atoms with Gasteiger partial charge in [-0.3, -0.25) is 29.6 Å². The van der Waals surface area contributed by atoms with Gasteiger partial charge in [0.05, 0.1) is 5.60 Å². The van der Waals surface area contributed by atoms with E-state index >= 15 is 4.39 Å². The van der Waals surface area contributed by atoms with Gasteiger partial charge >= 0.3 is 0 Å². The van der Waals surface area contributed by atoms with E-state index in [0.29, 0.717) is 54.7 Å². The molecule has 0 radical (unpaired) electrons. The van der Waals surface area contributed by atoms with E-state index in [0.717, 1.165) is 5.56 Å². The number of hydrogen-bond donors (Lipinski definition) is 2. The molecule has 9 heteroatoms. The summed E-state index contributed by atoms with van der Waals surface area (Å²) in [7, 11) is 0. The molecule has 39 heavy (non-hydrogen) atoms. The highest BCUT2D eigenvalue weighted by molar-refractivity contribution is 6.05. The molecule has 2 N–H and O–H groups in total. The number of amides is 3. The van der Waals surface area contributed by atoms with E-state index in [2.05, 4.69) is 15.2 Å². The van der Waals surface area contributed by atoms with Crippen LogP contribution in [-0.2, 0) is 28.3 Å². The van der Waals surface area contributed by atoms with Crippen molar-refractivity contribution in [3.05, 3.63) is 88.9 Å².